The summed E-state index contributed by atoms with van der Waals surface area (Å²) in [4.78, 5) is 0. The largest absolute Gasteiger partial charge is 0.0616 e. The van der Waals surface area contributed by atoms with Crippen LogP contribution in [-0.4, -0.2) is 0 Å². The molecule has 10 aromatic rings. The highest BCUT2D eigenvalue weighted by Gasteiger charge is 2.35. The average molecular weight is 673 g/mol. The van der Waals surface area contributed by atoms with E-state index in [9.17, 15) is 0 Å². The third-order valence-electron chi connectivity index (χ3n) is 12.0. The van der Waals surface area contributed by atoms with Crippen molar-refractivity contribution in [3.05, 3.63) is 193 Å². The smallest absolute Gasteiger partial charge is 0.0159 e. The fraction of sp³-hybridized carbons (Fsp3) is 0.0566. The van der Waals surface area contributed by atoms with Gasteiger partial charge in [0.2, 0.25) is 0 Å². The molecule has 0 saturated carbocycles. The van der Waals surface area contributed by atoms with E-state index in [1.807, 2.05) is 0 Å². The summed E-state index contributed by atoms with van der Waals surface area (Å²) in [7, 11) is 0. The van der Waals surface area contributed by atoms with Gasteiger partial charge in [-0.05, 0) is 134 Å². The topological polar surface area (TPSA) is 0 Å². The van der Waals surface area contributed by atoms with Crippen LogP contribution >= 0.6 is 0 Å². The normalized spacial score (nSPS) is 13.2. The Kier molecular flexibility index (Phi) is 6.40. The Labute approximate surface area is 309 Å². The summed E-state index contributed by atoms with van der Waals surface area (Å²) in [5.41, 5.74) is 13.0. The molecule has 0 heterocycles. The molecule has 0 N–H and O–H groups in total. The number of rotatable bonds is 3. The van der Waals surface area contributed by atoms with Gasteiger partial charge in [0.1, 0.15) is 0 Å². The van der Waals surface area contributed by atoms with E-state index >= 15 is 0 Å². The fourth-order valence-electron chi connectivity index (χ4n) is 9.46. The molecule has 0 nitrogen and oxygen atoms in total. The Balaban J connectivity index is 1.11. The van der Waals surface area contributed by atoms with Gasteiger partial charge >= 0.3 is 0 Å². The van der Waals surface area contributed by atoms with Gasteiger partial charge in [-0.25, -0.2) is 0 Å². The second-order valence-electron chi connectivity index (χ2n) is 15.2. The predicted molar refractivity (Wildman–Crippen MR) is 228 cm³/mol. The Morgan fingerprint density at radius 2 is 0.830 bits per heavy atom. The zero-order valence-corrected chi connectivity index (χ0v) is 29.8. The molecule has 1 aliphatic carbocycles. The lowest BCUT2D eigenvalue weighted by atomic mass is 9.81. The molecule has 53 heavy (non-hydrogen) atoms. The van der Waals surface area contributed by atoms with E-state index in [2.05, 4.69) is 196 Å². The summed E-state index contributed by atoms with van der Waals surface area (Å²) in [5.74, 6) is 0. The van der Waals surface area contributed by atoms with Crippen molar-refractivity contribution in [3.8, 4) is 44.5 Å². The first-order valence-electron chi connectivity index (χ1n) is 18.7. The van der Waals surface area contributed by atoms with Crippen molar-refractivity contribution >= 4 is 53.9 Å². The molecule has 0 aromatic heterocycles. The van der Waals surface area contributed by atoms with Gasteiger partial charge in [-0.1, -0.05) is 172 Å². The molecule has 0 radical (unpaired) electrons. The molecular weight excluding hydrogens is 637 g/mol. The second-order valence-corrected chi connectivity index (χ2v) is 15.2. The van der Waals surface area contributed by atoms with Crippen molar-refractivity contribution in [3.63, 3.8) is 0 Å². The molecule has 0 unspecified atom stereocenters. The van der Waals surface area contributed by atoms with Crippen LogP contribution in [-0.2, 0) is 5.41 Å². The lowest BCUT2D eigenvalue weighted by Gasteiger charge is -2.22. The first kappa shape index (κ1) is 30.2. The van der Waals surface area contributed by atoms with E-state index in [0.29, 0.717) is 0 Å². The fourth-order valence-corrected chi connectivity index (χ4v) is 9.46. The summed E-state index contributed by atoms with van der Waals surface area (Å²) in [6.07, 6.45) is 0. The highest BCUT2D eigenvalue weighted by molar-refractivity contribution is 6.25. The number of benzene rings is 10. The highest BCUT2D eigenvalue weighted by atomic mass is 14.4. The van der Waals surface area contributed by atoms with Crippen molar-refractivity contribution in [1.29, 1.82) is 0 Å². The van der Waals surface area contributed by atoms with Crippen LogP contribution in [0.25, 0.3) is 98.4 Å². The maximum atomic E-state index is 2.43. The van der Waals surface area contributed by atoms with Gasteiger partial charge in [0, 0.05) is 5.41 Å². The predicted octanol–water partition coefficient (Wildman–Crippen LogP) is 14.8. The molecule has 0 atom stereocenters. The molecule has 0 saturated heterocycles. The monoisotopic (exact) mass is 672 g/mol. The van der Waals surface area contributed by atoms with Gasteiger partial charge in [0.15, 0.2) is 0 Å². The van der Waals surface area contributed by atoms with Crippen LogP contribution in [0.3, 0.4) is 0 Å². The van der Waals surface area contributed by atoms with Crippen molar-refractivity contribution in [2.24, 2.45) is 0 Å². The molecule has 248 valence electrons. The summed E-state index contributed by atoms with van der Waals surface area (Å²) in [6, 6.07) is 68.0. The van der Waals surface area contributed by atoms with Crippen molar-refractivity contribution in [2.45, 2.75) is 19.3 Å². The maximum Gasteiger partial charge on any atom is 0.0159 e. The van der Waals surface area contributed by atoms with Gasteiger partial charge in [0.05, 0.1) is 0 Å². The maximum absolute atomic E-state index is 2.43. The van der Waals surface area contributed by atoms with Gasteiger partial charge in [-0.15, -0.1) is 0 Å². The van der Waals surface area contributed by atoms with E-state index in [4.69, 9.17) is 0 Å². The summed E-state index contributed by atoms with van der Waals surface area (Å²) in [6.45, 7) is 4.74. The summed E-state index contributed by atoms with van der Waals surface area (Å²) >= 11 is 0. The highest BCUT2D eigenvalue weighted by Crippen LogP contribution is 2.51. The lowest BCUT2D eigenvalue weighted by Crippen LogP contribution is -2.14. The Morgan fingerprint density at radius 1 is 0.283 bits per heavy atom. The summed E-state index contributed by atoms with van der Waals surface area (Å²) in [5, 5.41) is 12.8. The van der Waals surface area contributed by atoms with Crippen molar-refractivity contribution in [1.82, 2.24) is 0 Å². The van der Waals surface area contributed by atoms with Crippen LogP contribution < -0.4 is 0 Å². The van der Waals surface area contributed by atoms with Crippen LogP contribution in [0.15, 0.2) is 182 Å². The van der Waals surface area contributed by atoms with E-state index in [1.165, 1.54) is 109 Å². The molecule has 0 spiro atoms. The second kappa shape index (κ2) is 11.2. The zero-order valence-electron chi connectivity index (χ0n) is 29.8. The van der Waals surface area contributed by atoms with Crippen LogP contribution in [0.1, 0.15) is 25.0 Å². The molecule has 11 rings (SSSR count). The first-order valence-corrected chi connectivity index (χ1v) is 18.7. The Bertz CT molecular complexity index is 3080. The van der Waals surface area contributed by atoms with Crippen LogP contribution in [0.5, 0.6) is 0 Å². The zero-order chi connectivity index (χ0) is 35.3. The third-order valence-corrected chi connectivity index (χ3v) is 12.0. The minimum absolute atomic E-state index is 0.0498. The molecule has 1 aliphatic rings. The lowest BCUT2D eigenvalue weighted by molar-refractivity contribution is 0.661. The SMILES string of the molecule is CC1(C)c2ccc(-c3cccc(-c4c5ccccc5c(-c5cccc6c5ccc5ccccc56)c5ccccc45)c3)cc2-c2cc3ccccc3cc21. The Morgan fingerprint density at radius 3 is 1.57 bits per heavy atom. The Hall–Kier alpha value is -6.50. The summed E-state index contributed by atoms with van der Waals surface area (Å²) < 4.78 is 0. The van der Waals surface area contributed by atoms with E-state index in [1.54, 1.807) is 0 Å². The molecule has 10 aromatic carbocycles. The minimum atomic E-state index is -0.0498. The van der Waals surface area contributed by atoms with Crippen LogP contribution in [0.4, 0.5) is 0 Å². The number of hydrogen-bond acceptors (Lipinski definition) is 0. The third kappa shape index (κ3) is 4.42. The molecular formula is C53H36. The molecule has 0 heteroatoms. The number of fused-ring (bicyclic) bond motifs is 9. The van der Waals surface area contributed by atoms with Crippen molar-refractivity contribution < 1.29 is 0 Å². The molecule has 0 amide bonds. The van der Waals surface area contributed by atoms with E-state index in [0.717, 1.165) is 0 Å². The van der Waals surface area contributed by atoms with E-state index < -0.39 is 0 Å². The quantitative estimate of drug-likeness (QED) is 0.129. The number of hydrogen-bond donors (Lipinski definition) is 0. The van der Waals surface area contributed by atoms with Crippen LogP contribution in [0, 0.1) is 0 Å². The molecule has 0 fully saturated rings. The van der Waals surface area contributed by atoms with Crippen LogP contribution in [0.2, 0.25) is 0 Å². The minimum Gasteiger partial charge on any atom is -0.0616 e. The van der Waals surface area contributed by atoms with E-state index in [-0.39, 0.29) is 5.41 Å². The van der Waals surface area contributed by atoms with Gasteiger partial charge in [-0.2, -0.15) is 0 Å². The van der Waals surface area contributed by atoms with Gasteiger partial charge in [-0.3, -0.25) is 0 Å². The molecule has 0 aliphatic heterocycles. The molecule has 0 bridgehead atoms. The average Bonchev–Trinajstić information content (AvgIpc) is 3.43. The van der Waals surface area contributed by atoms with Gasteiger partial charge < -0.3 is 0 Å². The first-order chi connectivity index (χ1) is 26.0. The van der Waals surface area contributed by atoms with Crippen molar-refractivity contribution in [2.75, 3.05) is 0 Å². The van der Waals surface area contributed by atoms with Gasteiger partial charge in [0.25, 0.3) is 0 Å². The standard InChI is InChI=1S/C53H36/c1-53(2)49-28-26-37(31-47(49)48-30-35-14-3-4-15-36(35)32-50(48)53)34-16-11-17-38(29-34)51-43-19-7-9-21-45(43)52(46-22-10-8-20-44(46)51)42-24-12-23-40-39-18-6-5-13-33(39)25-27-41(40)42/h3-32H,1-2H3.